The highest BCUT2D eigenvalue weighted by Crippen LogP contribution is 2.18. The van der Waals surface area contributed by atoms with Crippen LogP contribution >= 0.6 is 11.6 Å². The van der Waals surface area contributed by atoms with Gasteiger partial charge in [0.2, 0.25) is 0 Å². The number of hydrogen-bond donors (Lipinski definition) is 0. The minimum absolute atomic E-state index is 0.580. The molecule has 0 saturated carbocycles. The van der Waals surface area contributed by atoms with Crippen LogP contribution in [0.2, 0.25) is 0 Å². The van der Waals surface area contributed by atoms with Gasteiger partial charge in [-0.3, -0.25) is 0 Å². The van der Waals surface area contributed by atoms with E-state index in [9.17, 15) is 0 Å². The fraction of sp³-hybridized carbons (Fsp3) is 0.455. The van der Waals surface area contributed by atoms with E-state index >= 15 is 0 Å². The van der Waals surface area contributed by atoms with Crippen molar-refractivity contribution in [2.45, 2.75) is 13.0 Å². The predicted molar refractivity (Wildman–Crippen MR) is 58.0 cm³/mol. The van der Waals surface area contributed by atoms with Crippen molar-refractivity contribution < 1.29 is 9.47 Å². The number of methoxy groups -OCH3 is 1. The molecule has 0 aliphatic carbocycles. The quantitative estimate of drug-likeness (QED) is 0.536. The topological polar surface area (TPSA) is 18.5 Å². The van der Waals surface area contributed by atoms with Gasteiger partial charge in [-0.2, -0.15) is 0 Å². The van der Waals surface area contributed by atoms with E-state index in [1.165, 1.54) is 0 Å². The molecule has 1 aromatic rings. The number of benzene rings is 1. The lowest BCUT2D eigenvalue weighted by atomic mass is 10.2. The first-order chi connectivity index (χ1) is 6.88. The van der Waals surface area contributed by atoms with Gasteiger partial charge in [-0.05, 0) is 12.5 Å². The third-order valence-electron chi connectivity index (χ3n) is 1.81. The SMILES string of the molecule is COCc1ccccc1OCCCCl. The first-order valence-electron chi connectivity index (χ1n) is 4.64. The molecular formula is C11H15ClO2. The highest BCUT2D eigenvalue weighted by Gasteiger charge is 2.01. The van der Waals surface area contributed by atoms with Crippen LogP contribution in [-0.4, -0.2) is 19.6 Å². The van der Waals surface area contributed by atoms with Crippen LogP contribution in [0.15, 0.2) is 24.3 Å². The van der Waals surface area contributed by atoms with Crippen LogP contribution in [0.25, 0.3) is 0 Å². The standard InChI is InChI=1S/C11H15ClO2/c1-13-9-10-5-2-3-6-11(10)14-8-4-7-12/h2-3,5-6H,4,7-9H2,1H3. The molecule has 0 spiro atoms. The van der Waals surface area contributed by atoms with E-state index < -0.39 is 0 Å². The number of rotatable bonds is 6. The second-order valence-electron chi connectivity index (χ2n) is 2.93. The smallest absolute Gasteiger partial charge is 0.124 e. The van der Waals surface area contributed by atoms with Crippen LogP contribution in [0.3, 0.4) is 0 Å². The lowest BCUT2D eigenvalue weighted by Gasteiger charge is -2.09. The van der Waals surface area contributed by atoms with Crippen molar-refractivity contribution in [3.63, 3.8) is 0 Å². The summed E-state index contributed by atoms with van der Waals surface area (Å²) in [6.07, 6.45) is 0.864. The molecule has 0 amide bonds. The molecule has 0 unspecified atom stereocenters. The van der Waals surface area contributed by atoms with Gasteiger partial charge < -0.3 is 9.47 Å². The first kappa shape index (κ1) is 11.3. The Morgan fingerprint density at radius 3 is 2.79 bits per heavy atom. The van der Waals surface area contributed by atoms with Crippen molar-refractivity contribution in [1.29, 1.82) is 0 Å². The highest BCUT2D eigenvalue weighted by atomic mass is 35.5. The van der Waals surface area contributed by atoms with Crippen molar-refractivity contribution >= 4 is 11.6 Å². The average Bonchev–Trinajstić information content (AvgIpc) is 2.21. The second kappa shape index (κ2) is 6.68. The molecule has 78 valence electrons. The number of hydrogen-bond acceptors (Lipinski definition) is 2. The van der Waals surface area contributed by atoms with Crippen LogP contribution in [0.4, 0.5) is 0 Å². The molecule has 0 N–H and O–H groups in total. The lowest BCUT2D eigenvalue weighted by molar-refractivity contribution is 0.180. The summed E-state index contributed by atoms with van der Waals surface area (Å²) < 4.78 is 10.6. The Hall–Kier alpha value is -0.730. The molecule has 0 aromatic heterocycles. The maximum absolute atomic E-state index is 5.57. The van der Waals surface area contributed by atoms with E-state index in [1.54, 1.807) is 7.11 Å². The van der Waals surface area contributed by atoms with Crippen molar-refractivity contribution in [2.75, 3.05) is 19.6 Å². The summed E-state index contributed by atoms with van der Waals surface area (Å²) in [5, 5.41) is 0. The third-order valence-corrected chi connectivity index (χ3v) is 2.08. The van der Waals surface area contributed by atoms with Gasteiger partial charge in [-0.25, -0.2) is 0 Å². The number of ether oxygens (including phenoxy) is 2. The molecule has 0 atom stereocenters. The fourth-order valence-corrected chi connectivity index (χ4v) is 1.27. The van der Waals surface area contributed by atoms with Gasteiger partial charge in [-0.1, -0.05) is 18.2 Å². The second-order valence-corrected chi connectivity index (χ2v) is 3.31. The van der Waals surface area contributed by atoms with Crippen molar-refractivity contribution in [2.24, 2.45) is 0 Å². The van der Waals surface area contributed by atoms with Gasteiger partial charge >= 0.3 is 0 Å². The predicted octanol–water partition coefficient (Wildman–Crippen LogP) is 2.84. The number of halogens is 1. The van der Waals surface area contributed by atoms with E-state index in [0.29, 0.717) is 19.1 Å². The van der Waals surface area contributed by atoms with Crippen LogP contribution in [0, 0.1) is 0 Å². The normalized spacial score (nSPS) is 10.1. The van der Waals surface area contributed by atoms with Crippen molar-refractivity contribution in [3.8, 4) is 5.75 Å². The number of para-hydroxylation sites is 1. The third kappa shape index (κ3) is 3.56. The molecular weight excluding hydrogens is 200 g/mol. The average molecular weight is 215 g/mol. The van der Waals surface area contributed by atoms with Crippen LogP contribution < -0.4 is 4.74 Å². The zero-order valence-electron chi connectivity index (χ0n) is 8.33. The van der Waals surface area contributed by atoms with Gasteiger partial charge in [0.15, 0.2) is 0 Å². The van der Waals surface area contributed by atoms with E-state index in [1.807, 2.05) is 24.3 Å². The Morgan fingerprint density at radius 2 is 2.07 bits per heavy atom. The first-order valence-corrected chi connectivity index (χ1v) is 5.17. The van der Waals surface area contributed by atoms with Crippen LogP contribution in [0.1, 0.15) is 12.0 Å². The molecule has 0 saturated heterocycles. The van der Waals surface area contributed by atoms with Crippen molar-refractivity contribution in [3.05, 3.63) is 29.8 Å². The molecule has 2 nitrogen and oxygen atoms in total. The summed E-state index contributed by atoms with van der Waals surface area (Å²) in [5.41, 5.74) is 1.07. The minimum Gasteiger partial charge on any atom is -0.493 e. The van der Waals surface area contributed by atoms with E-state index in [-0.39, 0.29) is 0 Å². The summed E-state index contributed by atoms with van der Waals surface area (Å²) in [6, 6.07) is 7.88. The summed E-state index contributed by atoms with van der Waals surface area (Å²) >= 11 is 5.56. The monoisotopic (exact) mass is 214 g/mol. The Balaban J connectivity index is 2.55. The fourth-order valence-electron chi connectivity index (χ4n) is 1.16. The van der Waals surface area contributed by atoms with Crippen molar-refractivity contribution in [1.82, 2.24) is 0 Å². The Morgan fingerprint density at radius 1 is 1.29 bits per heavy atom. The van der Waals surface area contributed by atoms with Gasteiger partial charge in [0.25, 0.3) is 0 Å². The summed E-state index contributed by atoms with van der Waals surface area (Å²) in [7, 11) is 1.68. The lowest BCUT2D eigenvalue weighted by Crippen LogP contribution is -2.01. The molecule has 1 aromatic carbocycles. The van der Waals surface area contributed by atoms with Crippen LogP contribution in [0.5, 0.6) is 5.75 Å². The number of alkyl halides is 1. The van der Waals surface area contributed by atoms with E-state index in [4.69, 9.17) is 21.1 Å². The summed E-state index contributed by atoms with van der Waals surface area (Å²) in [5.74, 6) is 1.52. The molecule has 1 rings (SSSR count). The Kier molecular flexibility index (Phi) is 5.42. The molecule has 14 heavy (non-hydrogen) atoms. The van der Waals surface area contributed by atoms with Gasteiger partial charge in [0.05, 0.1) is 13.2 Å². The Bertz CT molecular complexity index is 263. The van der Waals surface area contributed by atoms with E-state index in [2.05, 4.69) is 0 Å². The molecule has 0 aliphatic heterocycles. The molecule has 3 heteroatoms. The Labute approximate surface area is 89.8 Å². The summed E-state index contributed by atoms with van der Waals surface area (Å²) in [6.45, 7) is 1.24. The highest BCUT2D eigenvalue weighted by molar-refractivity contribution is 6.17. The van der Waals surface area contributed by atoms with E-state index in [0.717, 1.165) is 17.7 Å². The van der Waals surface area contributed by atoms with Crippen LogP contribution in [-0.2, 0) is 11.3 Å². The minimum atomic E-state index is 0.580. The molecule has 0 heterocycles. The molecule has 0 fully saturated rings. The molecule has 0 radical (unpaired) electrons. The van der Waals surface area contributed by atoms with Gasteiger partial charge in [0, 0.05) is 18.6 Å². The zero-order valence-corrected chi connectivity index (χ0v) is 9.09. The maximum atomic E-state index is 5.57. The largest absolute Gasteiger partial charge is 0.493 e. The maximum Gasteiger partial charge on any atom is 0.124 e. The zero-order chi connectivity index (χ0) is 10.2. The molecule has 0 bridgehead atoms. The summed E-state index contributed by atoms with van der Waals surface area (Å²) in [4.78, 5) is 0. The van der Waals surface area contributed by atoms with Gasteiger partial charge in [0.1, 0.15) is 5.75 Å². The molecule has 0 aliphatic rings. The van der Waals surface area contributed by atoms with Gasteiger partial charge in [-0.15, -0.1) is 11.6 Å².